The van der Waals surface area contributed by atoms with E-state index in [4.69, 9.17) is 0 Å². The molecule has 3 nitrogen and oxygen atoms in total. The van der Waals surface area contributed by atoms with Gasteiger partial charge in [0.25, 0.3) is 0 Å². The first-order valence-electron chi connectivity index (χ1n) is 7.28. The molecule has 0 bridgehead atoms. The molecule has 3 aliphatic rings. The van der Waals surface area contributed by atoms with Gasteiger partial charge in [0, 0.05) is 17.5 Å². The van der Waals surface area contributed by atoms with Gasteiger partial charge >= 0.3 is 0 Å². The average Bonchev–Trinajstić information content (AvgIpc) is 2.74. The molecular formula is C16H22N2OS. The van der Waals surface area contributed by atoms with Crippen molar-refractivity contribution in [3.05, 3.63) is 23.9 Å². The fourth-order valence-electron chi connectivity index (χ4n) is 3.40. The van der Waals surface area contributed by atoms with Gasteiger partial charge in [-0.3, -0.25) is 9.79 Å². The van der Waals surface area contributed by atoms with Crippen LogP contribution < -0.4 is 5.32 Å². The number of rotatable bonds is 1. The van der Waals surface area contributed by atoms with E-state index in [0.29, 0.717) is 5.92 Å². The number of carbonyl (C=O) groups excluding carboxylic acids is 1. The van der Waals surface area contributed by atoms with Crippen LogP contribution in [0, 0.1) is 11.8 Å². The fraction of sp³-hybridized carbons (Fsp3) is 0.625. The van der Waals surface area contributed by atoms with Gasteiger partial charge in [0.15, 0.2) is 0 Å². The average molecular weight is 290 g/mol. The van der Waals surface area contributed by atoms with Gasteiger partial charge in [-0.25, -0.2) is 0 Å². The van der Waals surface area contributed by atoms with E-state index in [2.05, 4.69) is 28.5 Å². The van der Waals surface area contributed by atoms with Crippen molar-refractivity contribution in [2.24, 2.45) is 16.8 Å². The van der Waals surface area contributed by atoms with Crippen molar-refractivity contribution in [3.8, 4) is 0 Å². The molecule has 108 valence electrons. The van der Waals surface area contributed by atoms with Gasteiger partial charge in [0.1, 0.15) is 0 Å². The molecule has 0 aromatic heterocycles. The van der Waals surface area contributed by atoms with E-state index in [9.17, 15) is 4.79 Å². The predicted molar refractivity (Wildman–Crippen MR) is 85.0 cm³/mol. The molecule has 3 unspecified atom stereocenters. The molecule has 0 radical (unpaired) electrons. The second kappa shape index (κ2) is 4.76. The molecule has 4 heteroatoms. The predicted octanol–water partition coefficient (Wildman–Crippen LogP) is 2.94. The number of amides is 1. The first-order valence-corrected chi connectivity index (χ1v) is 8.27. The monoisotopic (exact) mass is 290 g/mol. The molecule has 2 aliphatic heterocycles. The number of nitrogens with one attached hydrogen (secondary N) is 1. The largest absolute Gasteiger partial charge is 0.351 e. The van der Waals surface area contributed by atoms with E-state index in [1.54, 1.807) is 0 Å². The summed E-state index contributed by atoms with van der Waals surface area (Å²) in [6, 6.07) is 0. The Morgan fingerprint density at radius 1 is 1.50 bits per heavy atom. The van der Waals surface area contributed by atoms with Crippen molar-refractivity contribution in [3.63, 3.8) is 0 Å². The standard InChI is InChI=1S/C16H22N2OS/c1-15(2,3)18-14(19)11-10-20-16-8-5-4-6-13(16)17-9-7-12(11)16/h4-6,9,11-12H,7-8,10H2,1-3H3,(H,18,19). The highest BCUT2D eigenvalue weighted by atomic mass is 32.2. The Bertz CT molecular complexity index is 515. The quantitative estimate of drug-likeness (QED) is 0.806. The first kappa shape index (κ1) is 13.9. The zero-order valence-electron chi connectivity index (χ0n) is 12.3. The molecule has 0 aromatic rings. The third-order valence-corrected chi connectivity index (χ3v) is 5.99. The van der Waals surface area contributed by atoms with Crippen molar-refractivity contribution in [2.75, 3.05) is 5.75 Å². The summed E-state index contributed by atoms with van der Waals surface area (Å²) in [5.74, 6) is 1.58. The van der Waals surface area contributed by atoms with Crippen LogP contribution in [0.15, 0.2) is 28.9 Å². The second-order valence-electron chi connectivity index (χ2n) is 6.88. The molecule has 1 aliphatic carbocycles. The van der Waals surface area contributed by atoms with Crippen LogP contribution in [-0.4, -0.2) is 28.2 Å². The molecule has 20 heavy (non-hydrogen) atoms. The lowest BCUT2D eigenvalue weighted by Crippen LogP contribution is -2.48. The number of nitrogens with zero attached hydrogens (tertiary/aromatic N) is 1. The van der Waals surface area contributed by atoms with E-state index in [1.807, 2.05) is 38.7 Å². The van der Waals surface area contributed by atoms with Crippen LogP contribution >= 0.6 is 11.8 Å². The molecule has 0 saturated carbocycles. The molecule has 1 fully saturated rings. The van der Waals surface area contributed by atoms with Crippen molar-refractivity contribution in [2.45, 2.75) is 43.9 Å². The van der Waals surface area contributed by atoms with Crippen LogP contribution in [0.5, 0.6) is 0 Å². The summed E-state index contributed by atoms with van der Waals surface area (Å²) in [4.78, 5) is 17.2. The summed E-state index contributed by atoms with van der Waals surface area (Å²) >= 11 is 1.93. The van der Waals surface area contributed by atoms with Gasteiger partial charge in [-0.15, -0.1) is 11.8 Å². The SMILES string of the molecule is CC(C)(C)NC(=O)C1CSC23CC=CC=C2N=CCC13. The topological polar surface area (TPSA) is 41.5 Å². The third kappa shape index (κ3) is 2.24. The Hall–Kier alpha value is -1.03. The van der Waals surface area contributed by atoms with Gasteiger partial charge < -0.3 is 5.32 Å². The van der Waals surface area contributed by atoms with Crippen molar-refractivity contribution in [1.82, 2.24) is 5.32 Å². The number of carbonyl (C=O) groups is 1. The highest BCUT2D eigenvalue weighted by molar-refractivity contribution is 8.01. The number of allylic oxidation sites excluding steroid dienone is 3. The second-order valence-corrected chi connectivity index (χ2v) is 8.23. The third-order valence-electron chi connectivity index (χ3n) is 4.27. The van der Waals surface area contributed by atoms with E-state index in [1.165, 1.54) is 0 Å². The Kier molecular flexibility index (Phi) is 3.32. The molecule has 1 amide bonds. The minimum absolute atomic E-state index is 0.0450. The summed E-state index contributed by atoms with van der Waals surface area (Å²) in [6.45, 7) is 6.12. The molecule has 1 N–H and O–H groups in total. The van der Waals surface area contributed by atoms with Crippen LogP contribution in [0.1, 0.15) is 33.6 Å². The summed E-state index contributed by atoms with van der Waals surface area (Å²) in [6.07, 6.45) is 10.3. The minimum Gasteiger partial charge on any atom is -0.351 e. The Morgan fingerprint density at radius 2 is 2.30 bits per heavy atom. The van der Waals surface area contributed by atoms with Crippen LogP contribution in [0.3, 0.4) is 0 Å². The van der Waals surface area contributed by atoms with E-state index in [0.717, 1.165) is 24.3 Å². The maximum Gasteiger partial charge on any atom is 0.224 e. The van der Waals surface area contributed by atoms with Crippen molar-refractivity contribution in [1.29, 1.82) is 0 Å². The lowest BCUT2D eigenvalue weighted by atomic mass is 9.73. The first-order chi connectivity index (χ1) is 9.42. The number of thioether (sulfide) groups is 1. The molecule has 0 aromatic carbocycles. The molecule has 2 heterocycles. The lowest BCUT2D eigenvalue weighted by Gasteiger charge is -2.39. The normalized spacial score (nSPS) is 35.2. The Balaban J connectivity index is 1.85. The minimum atomic E-state index is -0.161. The van der Waals surface area contributed by atoms with Crippen LogP contribution in [-0.2, 0) is 4.79 Å². The summed E-state index contributed by atoms with van der Waals surface area (Å²) in [5.41, 5.74) is 0.998. The zero-order valence-corrected chi connectivity index (χ0v) is 13.2. The van der Waals surface area contributed by atoms with Crippen LogP contribution in [0.4, 0.5) is 0 Å². The smallest absolute Gasteiger partial charge is 0.224 e. The molecule has 1 spiro atoms. The Labute approximate surface area is 125 Å². The van der Waals surface area contributed by atoms with Crippen LogP contribution in [0.25, 0.3) is 0 Å². The van der Waals surface area contributed by atoms with Crippen molar-refractivity contribution < 1.29 is 4.79 Å². The van der Waals surface area contributed by atoms with E-state index in [-0.39, 0.29) is 22.1 Å². The van der Waals surface area contributed by atoms with E-state index >= 15 is 0 Å². The van der Waals surface area contributed by atoms with Gasteiger partial charge in [-0.1, -0.05) is 12.2 Å². The highest BCUT2D eigenvalue weighted by Crippen LogP contribution is 2.57. The maximum atomic E-state index is 12.6. The molecule has 1 saturated heterocycles. The van der Waals surface area contributed by atoms with Crippen LogP contribution in [0.2, 0.25) is 0 Å². The molecular weight excluding hydrogens is 268 g/mol. The number of hydrogen-bond acceptors (Lipinski definition) is 3. The Morgan fingerprint density at radius 3 is 3.05 bits per heavy atom. The molecule has 3 rings (SSSR count). The van der Waals surface area contributed by atoms with E-state index < -0.39 is 0 Å². The highest BCUT2D eigenvalue weighted by Gasteiger charge is 2.54. The van der Waals surface area contributed by atoms with Gasteiger partial charge in [0.05, 0.1) is 16.4 Å². The number of aliphatic imine (C=N–C) groups is 1. The van der Waals surface area contributed by atoms with Gasteiger partial charge in [-0.2, -0.15) is 0 Å². The summed E-state index contributed by atoms with van der Waals surface area (Å²) in [5, 5.41) is 3.15. The maximum absolute atomic E-state index is 12.6. The zero-order chi connectivity index (χ0) is 14.4. The summed E-state index contributed by atoms with van der Waals surface area (Å²) in [7, 11) is 0. The molecule has 3 atom stereocenters. The van der Waals surface area contributed by atoms with Crippen molar-refractivity contribution >= 4 is 23.9 Å². The lowest BCUT2D eigenvalue weighted by molar-refractivity contribution is -0.127. The summed E-state index contributed by atoms with van der Waals surface area (Å²) < 4.78 is 0.0450. The van der Waals surface area contributed by atoms with Gasteiger partial charge in [-0.05, 0) is 45.6 Å². The van der Waals surface area contributed by atoms with Gasteiger partial charge in [0.2, 0.25) is 5.91 Å². The number of hydrogen-bond donors (Lipinski definition) is 1. The fourth-order valence-corrected chi connectivity index (χ4v) is 5.22.